The summed E-state index contributed by atoms with van der Waals surface area (Å²) in [5.41, 5.74) is 2.71. The molecular weight excluding hydrogens is 384 g/mol. The van der Waals surface area contributed by atoms with Crippen LogP contribution in [0.15, 0.2) is 29.6 Å². The Bertz CT molecular complexity index is 832. The summed E-state index contributed by atoms with van der Waals surface area (Å²) >= 11 is 1.33. The van der Waals surface area contributed by atoms with Gasteiger partial charge in [0.25, 0.3) is 0 Å². The predicted octanol–water partition coefficient (Wildman–Crippen LogP) is 4.15. The van der Waals surface area contributed by atoms with E-state index in [1.165, 1.54) is 29.7 Å². The third-order valence-electron chi connectivity index (χ3n) is 5.03. The standard InChI is InChI=1S/C22H30N4O2S/c1-15(2)21(28)25-22-24-19(14-29-22)11-20(27)23-18-8-6-17(7-9-18)13-26-10-4-5-16(3)12-26/h6-9,14-16H,4-5,10-13H2,1-3H3,(H,23,27)(H,24,25,28). The zero-order valence-electron chi connectivity index (χ0n) is 17.4. The molecule has 2 N–H and O–H groups in total. The number of anilines is 2. The topological polar surface area (TPSA) is 74.3 Å². The van der Waals surface area contributed by atoms with Gasteiger partial charge >= 0.3 is 0 Å². The average molecular weight is 415 g/mol. The molecule has 6 nitrogen and oxygen atoms in total. The number of thiazole rings is 1. The third kappa shape index (κ3) is 6.65. The van der Waals surface area contributed by atoms with Gasteiger partial charge in [-0.1, -0.05) is 32.9 Å². The van der Waals surface area contributed by atoms with E-state index in [-0.39, 0.29) is 24.2 Å². The number of hydrogen-bond donors (Lipinski definition) is 2. The number of aromatic nitrogens is 1. The van der Waals surface area contributed by atoms with Gasteiger partial charge in [0.05, 0.1) is 12.1 Å². The molecule has 1 saturated heterocycles. The van der Waals surface area contributed by atoms with Crippen LogP contribution in [0.1, 0.15) is 44.9 Å². The van der Waals surface area contributed by atoms with Gasteiger partial charge in [0, 0.05) is 30.1 Å². The molecule has 7 heteroatoms. The van der Waals surface area contributed by atoms with Crippen molar-refractivity contribution in [3.63, 3.8) is 0 Å². The van der Waals surface area contributed by atoms with E-state index in [0.29, 0.717) is 10.8 Å². The minimum absolute atomic E-state index is 0.0746. The fourth-order valence-electron chi connectivity index (χ4n) is 3.45. The SMILES string of the molecule is CC1CCCN(Cc2ccc(NC(=O)Cc3csc(NC(=O)C(C)C)n3)cc2)C1. The van der Waals surface area contributed by atoms with Crippen LogP contribution in [0.2, 0.25) is 0 Å². The molecule has 0 radical (unpaired) electrons. The number of carbonyl (C=O) groups is 2. The summed E-state index contributed by atoms with van der Waals surface area (Å²) in [6, 6.07) is 8.07. The molecule has 0 saturated carbocycles. The van der Waals surface area contributed by atoms with E-state index in [1.54, 1.807) is 5.38 Å². The molecule has 29 heavy (non-hydrogen) atoms. The zero-order valence-corrected chi connectivity index (χ0v) is 18.2. The smallest absolute Gasteiger partial charge is 0.230 e. The molecule has 2 heterocycles. The van der Waals surface area contributed by atoms with E-state index in [0.717, 1.165) is 31.2 Å². The Morgan fingerprint density at radius 1 is 1.24 bits per heavy atom. The Hall–Kier alpha value is -2.25. The maximum atomic E-state index is 12.3. The van der Waals surface area contributed by atoms with E-state index < -0.39 is 0 Å². The number of piperidine rings is 1. The van der Waals surface area contributed by atoms with Crippen molar-refractivity contribution >= 4 is 34.0 Å². The zero-order chi connectivity index (χ0) is 20.8. The first-order chi connectivity index (χ1) is 13.9. The Kier molecular flexibility index (Phi) is 7.39. The molecule has 1 fully saturated rings. The number of nitrogens with zero attached hydrogens (tertiary/aromatic N) is 2. The van der Waals surface area contributed by atoms with Crippen LogP contribution in [0, 0.1) is 11.8 Å². The van der Waals surface area contributed by atoms with Gasteiger partial charge in [-0.05, 0) is 43.0 Å². The third-order valence-corrected chi connectivity index (χ3v) is 5.84. The Labute approximate surface area is 176 Å². The first-order valence-electron chi connectivity index (χ1n) is 10.3. The number of nitrogens with one attached hydrogen (secondary N) is 2. The molecule has 1 aliphatic rings. The van der Waals surface area contributed by atoms with Gasteiger partial charge in [0.2, 0.25) is 11.8 Å². The molecule has 1 atom stereocenters. The average Bonchev–Trinajstić information content (AvgIpc) is 3.10. The van der Waals surface area contributed by atoms with Crippen LogP contribution < -0.4 is 10.6 Å². The van der Waals surface area contributed by atoms with Crippen molar-refractivity contribution in [1.29, 1.82) is 0 Å². The number of likely N-dealkylation sites (tertiary alicyclic amines) is 1. The maximum absolute atomic E-state index is 12.3. The summed E-state index contributed by atoms with van der Waals surface area (Å²) in [7, 11) is 0. The Morgan fingerprint density at radius 2 is 2.00 bits per heavy atom. The van der Waals surface area contributed by atoms with Gasteiger partial charge in [-0.25, -0.2) is 4.98 Å². The lowest BCUT2D eigenvalue weighted by Crippen LogP contribution is -2.33. The summed E-state index contributed by atoms with van der Waals surface area (Å²) < 4.78 is 0. The van der Waals surface area contributed by atoms with Crippen LogP contribution in [0.25, 0.3) is 0 Å². The molecular formula is C22H30N4O2S. The number of rotatable bonds is 7. The second-order valence-corrected chi connectivity index (χ2v) is 9.05. The summed E-state index contributed by atoms with van der Waals surface area (Å²) in [6.07, 6.45) is 2.78. The first-order valence-corrected chi connectivity index (χ1v) is 11.1. The molecule has 3 rings (SSSR count). The summed E-state index contributed by atoms with van der Waals surface area (Å²) in [5, 5.41) is 8.02. The second-order valence-electron chi connectivity index (χ2n) is 8.19. The van der Waals surface area contributed by atoms with E-state index in [4.69, 9.17) is 0 Å². The number of hydrogen-bond acceptors (Lipinski definition) is 5. The van der Waals surface area contributed by atoms with Crippen LogP contribution in [0.5, 0.6) is 0 Å². The molecule has 0 bridgehead atoms. The van der Waals surface area contributed by atoms with Crippen molar-refractivity contribution in [3.8, 4) is 0 Å². The van der Waals surface area contributed by atoms with E-state index in [2.05, 4.69) is 39.6 Å². The predicted molar refractivity (Wildman–Crippen MR) is 118 cm³/mol. The van der Waals surface area contributed by atoms with Gasteiger partial charge in [-0.3, -0.25) is 14.5 Å². The highest BCUT2D eigenvalue weighted by molar-refractivity contribution is 7.13. The van der Waals surface area contributed by atoms with Crippen molar-refractivity contribution in [3.05, 3.63) is 40.9 Å². The first kappa shape index (κ1) is 21.5. The number of amides is 2. The van der Waals surface area contributed by atoms with Gasteiger partial charge in [-0.15, -0.1) is 11.3 Å². The highest BCUT2D eigenvalue weighted by atomic mass is 32.1. The molecule has 2 aromatic rings. The maximum Gasteiger partial charge on any atom is 0.230 e. The van der Waals surface area contributed by atoms with Crippen molar-refractivity contribution in [2.24, 2.45) is 11.8 Å². The van der Waals surface area contributed by atoms with Gasteiger partial charge in [0.15, 0.2) is 5.13 Å². The quantitative estimate of drug-likeness (QED) is 0.714. The van der Waals surface area contributed by atoms with E-state index in [1.807, 2.05) is 26.0 Å². The van der Waals surface area contributed by atoms with Crippen molar-refractivity contribution in [2.75, 3.05) is 23.7 Å². The van der Waals surface area contributed by atoms with Crippen LogP contribution in [-0.2, 0) is 22.6 Å². The summed E-state index contributed by atoms with van der Waals surface area (Å²) in [6.45, 7) is 9.25. The highest BCUT2D eigenvalue weighted by Gasteiger charge is 2.16. The molecule has 1 aromatic carbocycles. The lowest BCUT2D eigenvalue weighted by Gasteiger charge is -2.30. The van der Waals surface area contributed by atoms with Crippen molar-refractivity contribution in [1.82, 2.24) is 9.88 Å². The highest BCUT2D eigenvalue weighted by Crippen LogP contribution is 2.20. The fourth-order valence-corrected chi connectivity index (χ4v) is 4.16. The summed E-state index contributed by atoms with van der Waals surface area (Å²) in [5.74, 6) is 0.475. The van der Waals surface area contributed by atoms with Crippen LogP contribution in [0.4, 0.5) is 10.8 Å². The van der Waals surface area contributed by atoms with E-state index in [9.17, 15) is 9.59 Å². The van der Waals surface area contributed by atoms with Crippen LogP contribution in [0.3, 0.4) is 0 Å². The molecule has 2 amide bonds. The Morgan fingerprint density at radius 3 is 2.69 bits per heavy atom. The lowest BCUT2D eigenvalue weighted by atomic mass is 10.00. The fraction of sp³-hybridized carbons (Fsp3) is 0.500. The van der Waals surface area contributed by atoms with Gasteiger partial charge in [0.1, 0.15) is 0 Å². The number of carbonyl (C=O) groups excluding carboxylic acids is 2. The molecule has 1 aromatic heterocycles. The lowest BCUT2D eigenvalue weighted by molar-refractivity contribution is -0.119. The molecule has 0 aliphatic carbocycles. The molecule has 1 unspecified atom stereocenters. The van der Waals surface area contributed by atoms with Crippen molar-refractivity contribution in [2.45, 2.75) is 46.6 Å². The van der Waals surface area contributed by atoms with Crippen LogP contribution >= 0.6 is 11.3 Å². The molecule has 1 aliphatic heterocycles. The van der Waals surface area contributed by atoms with Crippen LogP contribution in [-0.4, -0.2) is 34.8 Å². The normalized spacial score (nSPS) is 17.3. The van der Waals surface area contributed by atoms with Crippen molar-refractivity contribution < 1.29 is 9.59 Å². The van der Waals surface area contributed by atoms with E-state index >= 15 is 0 Å². The Balaban J connectivity index is 1.48. The monoisotopic (exact) mass is 414 g/mol. The largest absolute Gasteiger partial charge is 0.326 e. The second kappa shape index (κ2) is 9.98. The summed E-state index contributed by atoms with van der Waals surface area (Å²) in [4.78, 5) is 30.9. The minimum atomic E-state index is -0.116. The molecule has 156 valence electrons. The minimum Gasteiger partial charge on any atom is -0.326 e. The van der Waals surface area contributed by atoms with Gasteiger partial charge < -0.3 is 10.6 Å². The molecule has 0 spiro atoms. The van der Waals surface area contributed by atoms with Gasteiger partial charge in [-0.2, -0.15) is 0 Å². The number of benzene rings is 1.